The highest BCUT2D eigenvalue weighted by atomic mass is 79.9. The van der Waals surface area contributed by atoms with E-state index >= 15 is 0 Å². The van der Waals surface area contributed by atoms with Crippen LogP contribution >= 0.6 is 15.9 Å². The van der Waals surface area contributed by atoms with Gasteiger partial charge in [-0.05, 0) is 41.4 Å². The topological polar surface area (TPSA) is 50.9 Å². The molecule has 2 heterocycles. The normalized spacial score (nSPS) is 10.8. The van der Waals surface area contributed by atoms with Crippen molar-refractivity contribution < 1.29 is 5.11 Å². The first-order chi connectivity index (χ1) is 8.15. The van der Waals surface area contributed by atoms with Gasteiger partial charge >= 0.3 is 0 Å². The maximum atomic E-state index is 9.91. The highest BCUT2D eigenvalue weighted by Crippen LogP contribution is 2.29. The molecule has 2 aromatic heterocycles. The van der Waals surface area contributed by atoms with Crippen LogP contribution in [0.1, 0.15) is 19.5 Å². The Morgan fingerprint density at radius 3 is 2.71 bits per heavy atom. The molecular weight excluding hydrogens is 282 g/mol. The Balaban J connectivity index is 2.55. The maximum absolute atomic E-state index is 9.91. The minimum absolute atomic E-state index is 0.164. The van der Waals surface area contributed by atoms with E-state index in [-0.39, 0.29) is 5.75 Å². The number of hydrogen-bond acceptors (Lipinski definition) is 3. The molecule has 4 nitrogen and oxygen atoms in total. The molecule has 0 spiro atoms. The van der Waals surface area contributed by atoms with E-state index in [4.69, 9.17) is 0 Å². The number of rotatable bonds is 3. The molecular formula is C12H14BrN3O. The standard InChI is InChI=1S/C12H14BrN3O/c1-3-9-6-10(16(4-2)15-9)12-11(17)5-8(13)7-14-12/h5-7,17H,3-4H2,1-2H3. The van der Waals surface area contributed by atoms with Gasteiger partial charge in [-0.2, -0.15) is 5.10 Å². The average molecular weight is 296 g/mol. The summed E-state index contributed by atoms with van der Waals surface area (Å²) in [6.45, 7) is 4.83. The zero-order chi connectivity index (χ0) is 12.4. The van der Waals surface area contributed by atoms with E-state index in [1.807, 2.05) is 17.7 Å². The fraction of sp³-hybridized carbons (Fsp3) is 0.333. The Bertz CT molecular complexity index is 537. The summed E-state index contributed by atoms with van der Waals surface area (Å²) < 4.78 is 2.62. The molecule has 0 amide bonds. The van der Waals surface area contributed by atoms with Gasteiger partial charge in [0.05, 0.1) is 11.4 Å². The van der Waals surface area contributed by atoms with Crippen molar-refractivity contribution >= 4 is 15.9 Å². The van der Waals surface area contributed by atoms with Crippen LogP contribution in [0.3, 0.4) is 0 Å². The molecule has 0 bridgehead atoms. The molecule has 90 valence electrons. The van der Waals surface area contributed by atoms with Crippen LogP contribution < -0.4 is 0 Å². The van der Waals surface area contributed by atoms with Crippen LogP contribution in [0.5, 0.6) is 5.75 Å². The van der Waals surface area contributed by atoms with Gasteiger partial charge in [-0.1, -0.05) is 6.92 Å². The van der Waals surface area contributed by atoms with Gasteiger partial charge < -0.3 is 5.11 Å². The lowest BCUT2D eigenvalue weighted by Gasteiger charge is -2.05. The Morgan fingerprint density at radius 1 is 1.35 bits per heavy atom. The van der Waals surface area contributed by atoms with E-state index in [9.17, 15) is 5.11 Å². The van der Waals surface area contributed by atoms with Crippen LogP contribution in [0.25, 0.3) is 11.4 Å². The highest BCUT2D eigenvalue weighted by Gasteiger charge is 2.13. The average Bonchev–Trinajstić information content (AvgIpc) is 2.72. The second-order valence-corrected chi connectivity index (χ2v) is 4.63. The van der Waals surface area contributed by atoms with Crippen LogP contribution in [0.2, 0.25) is 0 Å². The number of aromatic nitrogens is 3. The summed E-state index contributed by atoms with van der Waals surface area (Å²) in [7, 11) is 0. The SMILES string of the molecule is CCc1cc(-c2ncc(Br)cc2O)n(CC)n1. The molecule has 0 saturated heterocycles. The third-order valence-electron chi connectivity index (χ3n) is 2.57. The predicted octanol–water partition coefficient (Wildman–Crippen LogP) is 3.00. The van der Waals surface area contributed by atoms with Gasteiger partial charge in [0.25, 0.3) is 0 Å². The molecule has 0 aliphatic rings. The van der Waals surface area contributed by atoms with Gasteiger partial charge in [0.1, 0.15) is 11.4 Å². The molecule has 0 unspecified atom stereocenters. The number of pyridine rings is 1. The summed E-state index contributed by atoms with van der Waals surface area (Å²) >= 11 is 3.28. The Hall–Kier alpha value is -1.36. The fourth-order valence-corrected chi connectivity index (χ4v) is 2.02. The zero-order valence-corrected chi connectivity index (χ0v) is 11.4. The molecule has 5 heteroatoms. The largest absolute Gasteiger partial charge is 0.506 e. The van der Waals surface area contributed by atoms with Crippen LogP contribution in [0.4, 0.5) is 0 Å². The quantitative estimate of drug-likeness (QED) is 0.947. The lowest BCUT2D eigenvalue weighted by atomic mass is 10.2. The molecule has 0 aliphatic carbocycles. The van der Waals surface area contributed by atoms with E-state index in [1.165, 1.54) is 0 Å². The lowest BCUT2D eigenvalue weighted by molar-refractivity contribution is 0.473. The van der Waals surface area contributed by atoms with E-state index in [0.717, 1.165) is 28.8 Å². The molecule has 0 atom stereocenters. The first-order valence-corrected chi connectivity index (χ1v) is 6.36. The van der Waals surface area contributed by atoms with Crippen molar-refractivity contribution in [1.29, 1.82) is 0 Å². The second-order valence-electron chi connectivity index (χ2n) is 3.71. The van der Waals surface area contributed by atoms with Crippen LogP contribution in [0.15, 0.2) is 22.8 Å². The van der Waals surface area contributed by atoms with Crippen molar-refractivity contribution in [3.05, 3.63) is 28.5 Å². The van der Waals surface area contributed by atoms with Crippen LogP contribution in [-0.4, -0.2) is 19.9 Å². The monoisotopic (exact) mass is 295 g/mol. The molecule has 2 aromatic rings. The molecule has 17 heavy (non-hydrogen) atoms. The number of nitrogens with zero attached hydrogens (tertiary/aromatic N) is 3. The molecule has 0 aromatic carbocycles. The zero-order valence-electron chi connectivity index (χ0n) is 9.81. The van der Waals surface area contributed by atoms with Crippen molar-refractivity contribution in [2.45, 2.75) is 26.8 Å². The third kappa shape index (κ3) is 2.34. The lowest BCUT2D eigenvalue weighted by Crippen LogP contribution is -2.00. The number of aromatic hydroxyl groups is 1. The Labute approximate surface area is 108 Å². The molecule has 0 radical (unpaired) electrons. The number of halogens is 1. The van der Waals surface area contributed by atoms with Crippen molar-refractivity contribution in [2.24, 2.45) is 0 Å². The van der Waals surface area contributed by atoms with Gasteiger partial charge in [-0.3, -0.25) is 4.68 Å². The van der Waals surface area contributed by atoms with E-state index < -0.39 is 0 Å². The highest BCUT2D eigenvalue weighted by molar-refractivity contribution is 9.10. The molecule has 2 rings (SSSR count). The summed E-state index contributed by atoms with van der Waals surface area (Å²) in [5.74, 6) is 0.164. The van der Waals surface area contributed by atoms with Crippen molar-refractivity contribution in [1.82, 2.24) is 14.8 Å². The summed E-state index contributed by atoms with van der Waals surface area (Å²) in [5, 5.41) is 14.4. The molecule has 0 aliphatic heterocycles. The van der Waals surface area contributed by atoms with Gasteiger partial charge in [0, 0.05) is 17.2 Å². The van der Waals surface area contributed by atoms with Crippen molar-refractivity contribution in [3.8, 4) is 17.1 Å². The summed E-state index contributed by atoms with van der Waals surface area (Å²) in [5.41, 5.74) is 2.43. The van der Waals surface area contributed by atoms with Crippen molar-refractivity contribution in [2.75, 3.05) is 0 Å². The Kier molecular flexibility index (Phi) is 3.47. The summed E-state index contributed by atoms with van der Waals surface area (Å²) in [6, 6.07) is 3.61. The third-order valence-corrected chi connectivity index (χ3v) is 3.00. The molecule has 1 N–H and O–H groups in total. The second kappa shape index (κ2) is 4.87. The smallest absolute Gasteiger partial charge is 0.144 e. The summed E-state index contributed by atoms with van der Waals surface area (Å²) in [4.78, 5) is 4.25. The van der Waals surface area contributed by atoms with E-state index in [1.54, 1.807) is 12.3 Å². The van der Waals surface area contributed by atoms with E-state index in [2.05, 4.69) is 32.9 Å². The minimum Gasteiger partial charge on any atom is -0.506 e. The fourth-order valence-electron chi connectivity index (χ4n) is 1.70. The molecule has 0 fully saturated rings. The van der Waals surface area contributed by atoms with Gasteiger partial charge in [-0.25, -0.2) is 4.98 Å². The predicted molar refractivity (Wildman–Crippen MR) is 69.9 cm³/mol. The van der Waals surface area contributed by atoms with E-state index in [0.29, 0.717) is 5.69 Å². The minimum atomic E-state index is 0.164. The van der Waals surface area contributed by atoms with Gasteiger partial charge in [-0.15, -0.1) is 0 Å². The Morgan fingerprint density at radius 2 is 2.12 bits per heavy atom. The van der Waals surface area contributed by atoms with Crippen LogP contribution in [-0.2, 0) is 13.0 Å². The van der Waals surface area contributed by atoms with Crippen molar-refractivity contribution in [3.63, 3.8) is 0 Å². The first kappa shape index (κ1) is 12.1. The van der Waals surface area contributed by atoms with Gasteiger partial charge in [0.15, 0.2) is 0 Å². The molecule has 0 saturated carbocycles. The summed E-state index contributed by atoms with van der Waals surface area (Å²) in [6.07, 6.45) is 2.55. The van der Waals surface area contributed by atoms with Crippen LogP contribution in [0, 0.1) is 0 Å². The first-order valence-electron chi connectivity index (χ1n) is 5.57. The van der Waals surface area contributed by atoms with Gasteiger partial charge in [0.2, 0.25) is 0 Å². The number of aryl methyl sites for hydroxylation is 2. The number of hydrogen-bond donors (Lipinski definition) is 1. The maximum Gasteiger partial charge on any atom is 0.144 e.